The molecule has 0 saturated heterocycles. The molecule has 4 fully saturated rings. The fraction of sp³-hybridized carbons (Fsp3) is 0.484. The molecule has 40 heavy (non-hydrogen) atoms. The molecule has 5 aliphatic rings. The lowest BCUT2D eigenvalue weighted by molar-refractivity contribution is -0.116. The van der Waals surface area contributed by atoms with Gasteiger partial charge in [0.05, 0.1) is 5.57 Å². The summed E-state index contributed by atoms with van der Waals surface area (Å²) in [6.07, 6.45) is 9.96. The van der Waals surface area contributed by atoms with Gasteiger partial charge < -0.3 is 9.42 Å². The molecule has 4 saturated carbocycles. The molecule has 9 heteroatoms. The highest BCUT2D eigenvalue weighted by Gasteiger charge is 2.53. The third-order valence-electron chi connectivity index (χ3n) is 9.37. The van der Waals surface area contributed by atoms with E-state index in [0.29, 0.717) is 23.9 Å². The monoisotopic (exact) mass is 543 g/mol. The lowest BCUT2D eigenvalue weighted by Gasteiger charge is -2.53. The van der Waals surface area contributed by atoms with Crippen LogP contribution in [0.4, 0.5) is 14.5 Å². The maximum Gasteiger partial charge on any atom is 0.262 e. The number of carbonyl (C=O) groups is 1. The molecule has 0 radical (unpaired) electrons. The van der Waals surface area contributed by atoms with Crippen LogP contribution in [0.25, 0.3) is 11.1 Å². The molecule has 1 atom stereocenters. The molecular formula is C31H31F2N5O2. The van der Waals surface area contributed by atoms with Gasteiger partial charge in [-0.05, 0) is 81.4 Å². The molecule has 2 heterocycles. The Kier molecular flexibility index (Phi) is 5.97. The van der Waals surface area contributed by atoms with E-state index < -0.39 is 6.17 Å². The molecule has 2 bridgehead atoms. The molecule has 8 rings (SSSR count). The predicted octanol–water partition coefficient (Wildman–Crippen LogP) is 6.84. The maximum atomic E-state index is 13.7. The number of anilines is 1. The van der Waals surface area contributed by atoms with E-state index in [1.54, 1.807) is 0 Å². The molecule has 7 nitrogen and oxygen atoms in total. The zero-order valence-electron chi connectivity index (χ0n) is 22.5. The summed E-state index contributed by atoms with van der Waals surface area (Å²) < 4.78 is 32.9. The van der Waals surface area contributed by atoms with Gasteiger partial charge in [0.2, 0.25) is 11.7 Å². The summed E-state index contributed by atoms with van der Waals surface area (Å²) in [7, 11) is 0. The molecule has 1 amide bonds. The fourth-order valence-electron chi connectivity index (χ4n) is 6.53. The third-order valence-corrected chi connectivity index (χ3v) is 9.37. The minimum absolute atomic E-state index is 0.0219. The average molecular weight is 544 g/mol. The predicted molar refractivity (Wildman–Crippen MR) is 144 cm³/mol. The summed E-state index contributed by atoms with van der Waals surface area (Å²) >= 11 is 0. The summed E-state index contributed by atoms with van der Waals surface area (Å²) in [4.78, 5) is 29.0. The Morgan fingerprint density at radius 3 is 2.42 bits per heavy atom. The normalized spacial score (nSPS) is 26.1. The van der Waals surface area contributed by atoms with E-state index in [0.717, 1.165) is 74.0 Å². The molecule has 0 spiro atoms. The van der Waals surface area contributed by atoms with Crippen molar-refractivity contribution < 1.29 is 18.1 Å². The first-order chi connectivity index (χ1) is 19.3. The first kappa shape index (κ1) is 25.3. The number of hydrogen-bond donors (Lipinski definition) is 0. The van der Waals surface area contributed by atoms with Crippen LogP contribution >= 0.6 is 0 Å². The second-order valence-electron chi connectivity index (χ2n) is 12.1. The van der Waals surface area contributed by atoms with Gasteiger partial charge in [0.1, 0.15) is 11.7 Å². The second-order valence-corrected chi connectivity index (χ2v) is 12.1. The van der Waals surface area contributed by atoms with Crippen molar-refractivity contribution in [3.8, 4) is 11.1 Å². The number of halogens is 2. The Balaban J connectivity index is 1.15. The smallest absolute Gasteiger partial charge is 0.262 e. The highest BCUT2D eigenvalue weighted by atomic mass is 19.1. The molecule has 1 unspecified atom stereocenters. The summed E-state index contributed by atoms with van der Waals surface area (Å²) in [6, 6.07) is 7.87. The van der Waals surface area contributed by atoms with Gasteiger partial charge in [0.25, 0.3) is 5.91 Å². The van der Waals surface area contributed by atoms with Crippen molar-refractivity contribution >= 4 is 11.6 Å². The minimum atomic E-state index is -1.27. The summed E-state index contributed by atoms with van der Waals surface area (Å²) in [5.41, 5.74) is 5.23. The maximum absolute atomic E-state index is 13.7. The van der Waals surface area contributed by atoms with Crippen molar-refractivity contribution in [3.05, 3.63) is 71.3 Å². The number of alkyl halides is 1. The molecule has 206 valence electrons. The van der Waals surface area contributed by atoms with Crippen molar-refractivity contribution in [2.45, 2.75) is 82.2 Å². The van der Waals surface area contributed by atoms with Gasteiger partial charge in [-0.15, -0.1) is 0 Å². The van der Waals surface area contributed by atoms with Crippen LogP contribution in [0.2, 0.25) is 0 Å². The van der Waals surface area contributed by atoms with Crippen LogP contribution in [0.5, 0.6) is 0 Å². The van der Waals surface area contributed by atoms with E-state index in [1.165, 1.54) is 6.92 Å². The lowest BCUT2D eigenvalue weighted by atomic mass is 9.53. The molecular weight excluding hydrogens is 512 g/mol. The third kappa shape index (κ3) is 4.46. The van der Waals surface area contributed by atoms with Gasteiger partial charge in [-0.2, -0.15) is 4.98 Å². The highest BCUT2D eigenvalue weighted by molar-refractivity contribution is 6.07. The second kappa shape index (κ2) is 9.44. The largest absolute Gasteiger partial charge is 0.339 e. The van der Waals surface area contributed by atoms with Crippen molar-refractivity contribution in [2.24, 2.45) is 5.41 Å². The molecule has 0 aliphatic heterocycles. The Labute approximate surface area is 231 Å². The molecule has 2 aromatic heterocycles. The van der Waals surface area contributed by atoms with E-state index in [1.807, 2.05) is 41.6 Å². The quantitative estimate of drug-likeness (QED) is 0.289. The number of benzene rings is 1. The Hall–Kier alpha value is -3.71. The van der Waals surface area contributed by atoms with E-state index in [-0.39, 0.29) is 34.8 Å². The van der Waals surface area contributed by atoms with Crippen LogP contribution in [-0.2, 0) is 10.2 Å². The van der Waals surface area contributed by atoms with Crippen molar-refractivity contribution in [3.63, 3.8) is 0 Å². The number of nitrogens with zero attached hydrogens (tertiary/aromatic N) is 5. The number of carbonyl (C=O) groups excluding carboxylic acids is 1. The Morgan fingerprint density at radius 2 is 1.82 bits per heavy atom. The summed E-state index contributed by atoms with van der Waals surface area (Å²) in [5.74, 6) is 1.43. The van der Waals surface area contributed by atoms with Gasteiger partial charge in [-0.25, -0.2) is 18.7 Å². The van der Waals surface area contributed by atoms with Gasteiger partial charge in [-0.3, -0.25) is 4.79 Å². The molecule has 5 aliphatic carbocycles. The van der Waals surface area contributed by atoms with Crippen molar-refractivity contribution in [2.75, 3.05) is 11.4 Å². The number of aromatic nitrogens is 4. The van der Waals surface area contributed by atoms with Crippen LogP contribution in [0.1, 0.15) is 94.3 Å². The zero-order valence-corrected chi connectivity index (χ0v) is 22.5. The van der Waals surface area contributed by atoms with E-state index >= 15 is 0 Å². The van der Waals surface area contributed by atoms with E-state index in [4.69, 9.17) is 4.52 Å². The van der Waals surface area contributed by atoms with Crippen LogP contribution in [-0.4, -0.2) is 32.6 Å². The van der Waals surface area contributed by atoms with E-state index in [9.17, 15) is 13.6 Å². The molecule has 1 aromatic carbocycles. The number of fused-ring (bicyclic) bond motifs is 3. The van der Waals surface area contributed by atoms with Gasteiger partial charge >= 0.3 is 0 Å². The van der Waals surface area contributed by atoms with Gasteiger partial charge in [0, 0.05) is 47.9 Å². The van der Waals surface area contributed by atoms with Crippen molar-refractivity contribution in [1.29, 1.82) is 0 Å². The van der Waals surface area contributed by atoms with Crippen LogP contribution in [0, 0.1) is 5.41 Å². The first-order valence-electron chi connectivity index (χ1n) is 14.2. The van der Waals surface area contributed by atoms with Crippen molar-refractivity contribution in [1.82, 2.24) is 20.1 Å². The number of amides is 1. The van der Waals surface area contributed by atoms with Gasteiger partial charge in [-0.1, -0.05) is 23.0 Å². The SMILES string of the molecule is CC(F)c1noc(C23CCC(CN(C(=O)C4=C=C(F)C4)c4cccc(-c5cnc(C6CC6)nc5)c4)(CC2)CC3)n1. The average Bonchev–Trinajstić information content (AvgIpc) is 3.70. The Morgan fingerprint density at radius 1 is 1.12 bits per heavy atom. The van der Waals surface area contributed by atoms with Crippen LogP contribution < -0.4 is 4.90 Å². The zero-order chi connectivity index (χ0) is 27.5. The Bertz CT molecular complexity index is 1510. The fourth-order valence-corrected chi connectivity index (χ4v) is 6.53. The number of hydrogen-bond acceptors (Lipinski definition) is 6. The highest BCUT2D eigenvalue weighted by Crippen LogP contribution is 2.58. The first-order valence-corrected chi connectivity index (χ1v) is 14.2. The molecule has 3 aromatic rings. The summed E-state index contributed by atoms with van der Waals surface area (Å²) in [5, 5.41) is 3.86. The van der Waals surface area contributed by atoms with Gasteiger partial charge in [0.15, 0.2) is 6.17 Å². The summed E-state index contributed by atoms with van der Waals surface area (Å²) in [6.45, 7) is 1.94. The van der Waals surface area contributed by atoms with Crippen LogP contribution in [0.3, 0.4) is 0 Å². The lowest BCUT2D eigenvalue weighted by Crippen LogP contribution is -2.51. The number of rotatable bonds is 8. The van der Waals surface area contributed by atoms with Crippen LogP contribution in [0.15, 0.2) is 58.3 Å². The molecule has 0 N–H and O–H groups in total. The van der Waals surface area contributed by atoms with E-state index in [2.05, 4.69) is 25.8 Å². The standard InChI is InChI=1S/C31H31F2N5O2/c1-19(32)26-36-29(40-37-26)31-10-7-30(8-11-31,9-12-31)18-38(28(39)22-13-24(33)14-22)25-4-2-3-21(15-25)23-16-34-27(35-17-23)20-5-6-20/h2-4,15-17,19-20H,5-13,18H2,1H3. The topological polar surface area (TPSA) is 85.0 Å². The minimum Gasteiger partial charge on any atom is -0.339 e.